The lowest BCUT2D eigenvalue weighted by molar-refractivity contribution is -0.870. The summed E-state index contributed by atoms with van der Waals surface area (Å²) in [5.74, 6) is -2.11. The number of quaternary nitrogens is 1. The number of likely N-dealkylation sites (N-methyl/N-ethyl adjacent to an activating group) is 1. The minimum absolute atomic E-state index is 0.167. The first kappa shape index (κ1) is 69.9. The number of hydrogen-bond acceptors (Lipinski definition) is 7. The van der Waals surface area contributed by atoms with Gasteiger partial charge in [-0.25, -0.2) is 4.79 Å². The summed E-state index contributed by atoms with van der Waals surface area (Å²) in [6, 6.07) is 0. The number of carbonyl (C=O) groups is 3. The zero-order valence-electron chi connectivity index (χ0n) is 47.6. The zero-order chi connectivity index (χ0) is 54.8. The topological polar surface area (TPSA) is 108 Å². The fourth-order valence-corrected chi connectivity index (χ4v) is 6.94. The fraction of sp³-hybridized carbons (Fsp3) is 0.561. The lowest BCUT2D eigenvalue weighted by Crippen LogP contribution is -2.40. The highest BCUT2D eigenvalue weighted by Gasteiger charge is 2.25. The summed E-state index contributed by atoms with van der Waals surface area (Å²) >= 11 is 0. The third-order valence-electron chi connectivity index (χ3n) is 11.3. The van der Waals surface area contributed by atoms with E-state index in [1.165, 1.54) is 19.3 Å². The van der Waals surface area contributed by atoms with Crippen LogP contribution in [0.15, 0.2) is 158 Å². The van der Waals surface area contributed by atoms with Crippen molar-refractivity contribution in [2.24, 2.45) is 0 Å². The highest BCUT2D eigenvalue weighted by Crippen LogP contribution is 2.13. The number of nitrogens with zero attached hydrogens (tertiary/aromatic N) is 1. The van der Waals surface area contributed by atoms with Crippen molar-refractivity contribution in [1.29, 1.82) is 0 Å². The van der Waals surface area contributed by atoms with Crippen LogP contribution in [0.25, 0.3) is 0 Å². The Morgan fingerprint density at radius 2 is 0.720 bits per heavy atom. The molecule has 0 bridgehead atoms. The molecule has 0 saturated carbocycles. The Morgan fingerprint density at radius 3 is 1.09 bits per heavy atom. The van der Waals surface area contributed by atoms with Crippen LogP contribution in [0, 0.1) is 0 Å². The number of carboxylic acids is 1. The Bertz CT molecular complexity index is 1780. The Balaban J connectivity index is 4.44. The van der Waals surface area contributed by atoms with Gasteiger partial charge >= 0.3 is 17.9 Å². The van der Waals surface area contributed by atoms with E-state index < -0.39 is 24.3 Å². The van der Waals surface area contributed by atoms with Crippen LogP contribution in [0.4, 0.5) is 0 Å². The average molecular weight is 1040 g/mol. The lowest BCUT2D eigenvalue weighted by atomic mass is 10.1. The van der Waals surface area contributed by atoms with Gasteiger partial charge in [-0.1, -0.05) is 204 Å². The number of carbonyl (C=O) groups excluding carboxylic acids is 2. The van der Waals surface area contributed by atoms with Gasteiger partial charge in [-0.3, -0.25) is 9.59 Å². The number of carboxylic acid groups (broad SMARTS) is 1. The minimum atomic E-state index is -1.54. The zero-order valence-corrected chi connectivity index (χ0v) is 47.6. The summed E-state index contributed by atoms with van der Waals surface area (Å²) in [6.07, 6.45) is 78.9. The van der Waals surface area contributed by atoms with Gasteiger partial charge in [0.25, 0.3) is 6.29 Å². The predicted octanol–water partition coefficient (Wildman–Crippen LogP) is 17.0. The van der Waals surface area contributed by atoms with Gasteiger partial charge in [0.2, 0.25) is 0 Å². The van der Waals surface area contributed by atoms with E-state index in [0.29, 0.717) is 17.4 Å². The van der Waals surface area contributed by atoms with Gasteiger partial charge in [-0.05, 0) is 122 Å². The third-order valence-corrected chi connectivity index (χ3v) is 11.3. The molecule has 0 saturated heterocycles. The number of allylic oxidation sites excluding steroid dienone is 26. The van der Waals surface area contributed by atoms with Crippen molar-refractivity contribution < 1.29 is 42.9 Å². The minimum Gasteiger partial charge on any atom is -0.477 e. The number of aliphatic carboxylic acids is 1. The van der Waals surface area contributed by atoms with Crippen molar-refractivity contribution in [1.82, 2.24) is 0 Å². The molecule has 0 rings (SSSR count). The molecule has 2 unspecified atom stereocenters. The lowest BCUT2D eigenvalue weighted by Gasteiger charge is -2.25. The molecule has 0 aliphatic carbocycles. The van der Waals surface area contributed by atoms with E-state index in [1.807, 2.05) is 21.1 Å². The summed E-state index contributed by atoms with van der Waals surface area (Å²) < 4.78 is 22.8. The summed E-state index contributed by atoms with van der Waals surface area (Å²) in [5.41, 5.74) is 0. The molecule has 0 aliphatic rings. The molecule has 0 aromatic heterocycles. The molecule has 75 heavy (non-hydrogen) atoms. The van der Waals surface area contributed by atoms with Crippen LogP contribution >= 0.6 is 0 Å². The molecule has 0 spiro atoms. The van der Waals surface area contributed by atoms with Crippen LogP contribution in [0.2, 0.25) is 0 Å². The van der Waals surface area contributed by atoms with Crippen LogP contribution in [-0.2, 0) is 33.3 Å². The standard InChI is InChI=1S/C66H103NO8/c1-6-8-10-12-14-16-18-20-22-24-26-28-30-31-32-33-35-37-39-41-43-45-47-49-51-53-55-57-64(69)75-62(61-74-66(65(70)71)72-59-58-67(3,4)5)60-73-63(68)56-54-52-50-48-46-44-42-40-38-36-34-29-27-25-23-21-19-17-15-13-11-9-7-2/h8-11,14-17,20-23,26-29,31-32,35-38,41,43,47,49,62,66H,6-7,12-13,18-19,24-25,30,33-34,39-40,42,44-46,48,50-61H2,1-5H3/p+1/b10-8-,11-9-,16-14-,17-15-,22-20-,23-21-,28-26-,29-27-,32-31-,37-35-,38-36-,43-41-,49-47-. The van der Waals surface area contributed by atoms with Crippen molar-refractivity contribution in [3.8, 4) is 0 Å². The maximum absolute atomic E-state index is 12.9. The number of esters is 2. The Morgan fingerprint density at radius 1 is 0.400 bits per heavy atom. The third kappa shape index (κ3) is 56.5. The molecule has 0 heterocycles. The molecule has 9 nitrogen and oxygen atoms in total. The van der Waals surface area contributed by atoms with Gasteiger partial charge < -0.3 is 28.5 Å². The van der Waals surface area contributed by atoms with Crippen molar-refractivity contribution >= 4 is 17.9 Å². The van der Waals surface area contributed by atoms with E-state index in [2.05, 4.69) is 172 Å². The molecule has 0 aromatic carbocycles. The van der Waals surface area contributed by atoms with Gasteiger partial charge in [-0.15, -0.1) is 0 Å². The second-order valence-electron chi connectivity index (χ2n) is 19.5. The molecule has 0 radical (unpaired) electrons. The molecule has 0 aliphatic heterocycles. The highest BCUT2D eigenvalue weighted by molar-refractivity contribution is 5.71. The molecule has 9 heteroatoms. The van der Waals surface area contributed by atoms with E-state index in [1.54, 1.807) is 0 Å². The van der Waals surface area contributed by atoms with Crippen molar-refractivity contribution in [2.75, 3.05) is 47.5 Å². The second-order valence-corrected chi connectivity index (χ2v) is 19.5. The number of unbranched alkanes of at least 4 members (excludes halogenated alkanes) is 9. The Kier molecular flexibility index (Phi) is 51.4. The summed E-state index contributed by atoms with van der Waals surface area (Å²) in [4.78, 5) is 37.4. The quantitative estimate of drug-likeness (QED) is 0.0211. The van der Waals surface area contributed by atoms with E-state index >= 15 is 0 Å². The molecule has 420 valence electrons. The van der Waals surface area contributed by atoms with E-state index in [4.69, 9.17) is 18.9 Å². The largest absolute Gasteiger partial charge is 0.477 e. The normalized spacial score (nSPS) is 14.0. The first-order chi connectivity index (χ1) is 36.6. The highest BCUT2D eigenvalue weighted by atomic mass is 16.7. The van der Waals surface area contributed by atoms with Gasteiger partial charge in [0.05, 0.1) is 34.4 Å². The smallest absolute Gasteiger partial charge is 0.361 e. The number of ether oxygens (including phenoxy) is 4. The molecular formula is C66H104NO8+. The van der Waals surface area contributed by atoms with Crippen LogP contribution < -0.4 is 0 Å². The Labute approximate surface area is 457 Å². The maximum atomic E-state index is 12.9. The number of rotatable bonds is 50. The summed E-state index contributed by atoms with van der Waals surface area (Å²) in [5, 5.41) is 9.70. The van der Waals surface area contributed by atoms with Crippen molar-refractivity contribution in [2.45, 2.75) is 193 Å². The monoisotopic (exact) mass is 1040 g/mol. The summed E-state index contributed by atoms with van der Waals surface area (Å²) in [6.45, 7) is 4.55. The molecule has 0 fully saturated rings. The van der Waals surface area contributed by atoms with Crippen molar-refractivity contribution in [3.63, 3.8) is 0 Å². The second kappa shape index (κ2) is 55.2. The van der Waals surface area contributed by atoms with Gasteiger partial charge in [0.1, 0.15) is 13.2 Å². The molecular weight excluding hydrogens is 935 g/mol. The fourth-order valence-electron chi connectivity index (χ4n) is 6.94. The average Bonchev–Trinajstić information content (AvgIpc) is 3.38. The van der Waals surface area contributed by atoms with E-state index in [9.17, 15) is 19.5 Å². The van der Waals surface area contributed by atoms with Crippen LogP contribution in [0.5, 0.6) is 0 Å². The first-order valence-corrected chi connectivity index (χ1v) is 28.6. The first-order valence-electron chi connectivity index (χ1n) is 28.6. The predicted molar refractivity (Wildman–Crippen MR) is 317 cm³/mol. The van der Waals surface area contributed by atoms with Crippen LogP contribution in [0.3, 0.4) is 0 Å². The molecule has 0 aromatic rings. The van der Waals surface area contributed by atoms with E-state index in [0.717, 1.165) is 128 Å². The van der Waals surface area contributed by atoms with Crippen LogP contribution in [-0.4, -0.2) is 87.4 Å². The SMILES string of the molecule is CC/C=C\C/C=C\C/C=C\C/C=C\C/C=C\C/C=C\C/C=C\C/C=C\CCCCC(=O)OC(COC(=O)CCCCCCCCC/C=C\C/C=C\C/C=C\C/C=C\C/C=C\CC)COC(OCC[N+](C)(C)C)C(=O)O. The Hall–Kier alpha value is -5.09. The molecule has 2 atom stereocenters. The van der Waals surface area contributed by atoms with Gasteiger partial charge in [-0.2, -0.15) is 0 Å². The van der Waals surface area contributed by atoms with Gasteiger partial charge in [0.15, 0.2) is 6.10 Å². The maximum Gasteiger partial charge on any atom is 0.361 e. The van der Waals surface area contributed by atoms with Crippen LogP contribution in [0.1, 0.15) is 181 Å². The van der Waals surface area contributed by atoms with E-state index in [-0.39, 0.29) is 38.6 Å². The van der Waals surface area contributed by atoms with Gasteiger partial charge in [0, 0.05) is 12.8 Å². The number of hydrogen-bond donors (Lipinski definition) is 1. The molecule has 1 N–H and O–H groups in total. The molecule has 0 amide bonds. The van der Waals surface area contributed by atoms with Crippen molar-refractivity contribution in [3.05, 3.63) is 158 Å². The summed E-state index contributed by atoms with van der Waals surface area (Å²) in [7, 11) is 5.93.